The van der Waals surface area contributed by atoms with Gasteiger partial charge in [-0.1, -0.05) is 35.9 Å². The van der Waals surface area contributed by atoms with Crippen LogP contribution in [0.3, 0.4) is 0 Å². The number of nitrogens with one attached hydrogen (secondary N) is 1. The fourth-order valence-corrected chi connectivity index (χ4v) is 4.01. The number of anilines is 1. The van der Waals surface area contributed by atoms with Gasteiger partial charge in [0.2, 0.25) is 0 Å². The molecule has 1 aromatic heterocycles. The van der Waals surface area contributed by atoms with Gasteiger partial charge < -0.3 is 10.2 Å². The molecule has 3 N–H and O–H groups in total. The first-order valence-electron chi connectivity index (χ1n) is 9.16. The highest BCUT2D eigenvalue weighted by Gasteiger charge is 2.16. The molecule has 0 radical (unpaired) electrons. The number of sulfonamides is 1. The zero-order valence-electron chi connectivity index (χ0n) is 15.7. The lowest BCUT2D eigenvalue weighted by Crippen LogP contribution is -2.13. The molecule has 1 atom stereocenters. The van der Waals surface area contributed by atoms with Crippen LogP contribution in [0.1, 0.15) is 24.1 Å². The van der Waals surface area contributed by atoms with Crippen LogP contribution in [0.5, 0.6) is 0 Å². The molecule has 0 spiro atoms. The van der Waals surface area contributed by atoms with Crippen LogP contribution in [0.2, 0.25) is 0 Å². The number of nitrogens with zero attached hydrogens (tertiary/aromatic N) is 1. The van der Waals surface area contributed by atoms with Gasteiger partial charge in [0.1, 0.15) is 0 Å². The summed E-state index contributed by atoms with van der Waals surface area (Å²) in [6.45, 7) is 1.65. The molecule has 0 aliphatic heterocycles. The molecule has 0 saturated heterocycles. The van der Waals surface area contributed by atoms with Gasteiger partial charge in [-0.25, -0.2) is 8.42 Å². The summed E-state index contributed by atoms with van der Waals surface area (Å²) in [5.74, 6) is 0. The van der Waals surface area contributed by atoms with Crippen LogP contribution in [0.25, 0.3) is 10.9 Å². The summed E-state index contributed by atoms with van der Waals surface area (Å²) in [7, 11) is -3.72. The Morgan fingerprint density at radius 1 is 1.07 bits per heavy atom. The summed E-state index contributed by atoms with van der Waals surface area (Å²) in [6.07, 6.45) is 1.07. The first-order chi connectivity index (χ1) is 13.4. The number of aryl methyl sites for hydroxylation is 2. The second-order valence-corrected chi connectivity index (χ2v) is 8.51. The maximum absolute atomic E-state index is 12.7. The lowest BCUT2D eigenvalue weighted by molar-refractivity contribution is 0.0866. The molecule has 1 unspecified atom stereocenters. The Kier molecular flexibility index (Phi) is 6.28. The number of para-hydroxylation sites is 1. The van der Waals surface area contributed by atoms with Crippen molar-refractivity contribution in [1.82, 2.24) is 4.98 Å². The predicted octanol–water partition coefficient (Wildman–Crippen LogP) is 3.02. The monoisotopic (exact) mass is 400 g/mol. The number of hydrogen-bond acceptors (Lipinski definition) is 5. The molecule has 7 heteroatoms. The topological polar surface area (TPSA) is 99.5 Å². The Labute approximate surface area is 164 Å². The predicted molar refractivity (Wildman–Crippen MR) is 110 cm³/mol. The van der Waals surface area contributed by atoms with Gasteiger partial charge in [-0.2, -0.15) is 0 Å². The molecule has 28 heavy (non-hydrogen) atoms. The number of aromatic nitrogens is 1. The summed E-state index contributed by atoms with van der Waals surface area (Å²) >= 11 is 0. The van der Waals surface area contributed by atoms with Crippen molar-refractivity contribution in [1.29, 1.82) is 0 Å². The van der Waals surface area contributed by atoms with Crippen LogP contribution in [-0.4, -0.2) is 36.3 Å². The van der Waals surface area contributed by atoms with Gasteiger partial charge >= 0.3 is 0 Å². The van der Waals surface area contributed by atoms with Gasteiger partial charge in [0.25, 0.3) is 10.0 Å². The molecule has 0 fully saturated rings. The van der Waals surface area contributed by atoms with E-state index in [2.05, 4.69) is 9.71 Å². The normalized spacial score (nSPS) is 12.8. The Morgan fingerprint density at radius 2 is 1.82 bits per heavy atom. The fraction of sp³-hybridized carbons (Fsp3) is 0.286. The quantitative estimate of drug-likeness (QED) is 0.540. The summed E-state index contributed by atoms with van der Waals surface area (Å²) in [4.78, 5) is 4.82. The van der Waals surface area contributed by atoms with Crippen LogP contribution < -0.4 is 4.72 Å². The third kappa shape index (κ3) is 4.86. The SMILES string of the molecule is Cc1ccc(S(=O)(=O)Nc2cccc3ccc(CCCC(O)CO)nc23)cc1. The third-order valence-corrected chi connectivity index (χ3v) is 5.92. The van der Waals surface area contributed by atoms with Crippen molar-refractivity contribution in [3.05, 3.63) is 65.9 Å². The largest absolute Gasteiger partial charge is 0.394 e. The molecule has 0 aliphatic carbocycles. The van der Waals surface area contributed by atoms with Crippen molar-refractivity contribution >= 4 is 26.6 Å². The molecule has 148 valence electrons. The van der Waals surface area contributed by atoms with E-state index < -0.39 is 16.1 Å². The van der Waals surface area contributed by atoms with E-state index in [9.17, 15) is 13.5 Å². The van der Waals surface area contributed by atoms with Crippen molar-refractivity contribution < 1.29 is 18.6 Å². The molecule has 0 aliphatic rings. The molecular formula is C21H24N2O4S. The highest BCUT2D eigenvalue weighted by Crippen LogP contribution is 2.25. The van der Waals surface area contributed by atoms with Crippen LogP contribution >= 0.6 is 0 Å². The minimum Gasteiger partial charge on any atom is -0.394 e. The lowest BCUT2D eigenvalue weighted by Gasteiger charge is -2.12. The second kappa shape index (κ2) is 8.68. The van der Waals surface area contributed by atoms with Crippen LogP contribution in [-0.2, 0) is 16.4 Å². The molecule has 3 aromatic rings. The summed E-state index contributed by atoms with van der Waals surface area (Å²) in [5, 5.41) is 19.2. The standard InChI is InChI=1S/C21H24N2O4S/c1-15-8-12-19(13-9-15)28(26,27)23-20-7-2-4-16-10-11-17(22-21(16)20)5-3-6-18(25)14-24/h2,4,7-13,18,23-25H,3,5-6,14H2,1H3. The summed E-state index contributed by atoms with van der Waals surface area (Å²) in [5.41, 5.74) is 2.80. The van der Waals surface area contributed by atoms with Gasteiger partial charge in [0, 0.05) is 11.1 Å². The highest BCUT2D eigenvalue weighted by molar-refractivity contribution is 7.92. The van der Waals surface area contributed by atoms with E-state index in [1.54, 1.807) is 36.4 Å². The molecule has 1 heterocycles. The van der Waals surface area contributed by atoms with E-state index >= 15 is 0 Å². The average molecular weight is 401 g/mol. The second-order valence-electron chi connectivity index (χ2n) is 6.83. The van der Waals surface area contributed by atoms with Crippen LogP contribution in [0.4, 0.5) is 5.69 Å². The Hall–Kier alpha value is -2.48. The van der Waals surface area contributed by atoms with Crippen LogP contribution in [0.15, 0.2) is 59.5 Å². The van der Waals surface area contributed by atoms with Crippen molar-refractivity contribution in [2.45, 2.75) is 37.2 Å². The maximum atomic E-state index is 12.7. The minimum absolute atomic E-state index is 0.198. The van der Waals surface area contributed by atoms with Gasteiger partial charge in [0.15, 0.2) is 0 Å². The fourth-order valence-electron chi connectivity index (χ4n) is 2.94. The van der Waals surface area contributed by atoms with Crippen molar-refractivity contribution in [2.75, 3.05) is 11.3 Å². The number of hydrogen-bond donors (Lipinski definition) is 3. The number of fused-ring (bicyclic) bond motifs is 1. The summed E-state index contributed by atoms with van der Waals surface area (Å²) < 4.78 is 28.1. The number of aliphatic hydroxyl groups excluding tert-OH is 2. The van der Waals surface area contributed by atoms with E-state index in [4.69, 9.17) is 5.11 Å². The zero-order chi connectivity index (χ0) is 20.1. The molecule has 0 saturated carbocycles. The van der Waals surface area contributed by atoms with E-state index in [1.807, 2.05) is 25.1 Å². The number of pyridine rings is 1. The van der Waals surface area contributed by atoms with E-state index in [-0.39, 0.29) is 11.5 Å². The molecular weight excluding hydrogens is 376 g/mol. The highest BCUT2D eigenvalue weighted by atomic mass is 32.2. The molecule has 0 amide bonds. The molecule has 6 nitrogen and oxygen atoms in total. The van der Waals surface area contributed by atoms with Gasteiger partial charge in [0.05, 0.1) is 28.8 Å². The van der Waals surface area contributed by atoms with Gasteiger partial charge in [-0.15, -0.1) is 0 Å². The maximum Gasteiger partial charge on any atom is 0.261 e. The summed E-state index contributed by atoms with van der Waals surface area (Å²) in [6, 6.07) is 15.8. The van der Waals surface area contributed by atoms with Crippen molar-refractivity contribution in [3.63, 3.8) is 0 Å². The minimum atomic E-state index is -3.72. The number of benzene rings is 2. The zero-order valence-corrected chi connectivity index (χ0v) is 16.5. The number of rotatable bonds is 8. The Bertz CT molecular complexity index is 1050. The van der Waals surface area contributed by atoms with E-state index in [0.29, 0.717) is 30.5 Å². The molecule has 0 bridgehead atoms. The molecule has 2 aromatic carbocycles. The third-order valence-electron chi connectivity index (χ3n) is 4.53. The Balaban J connectivity index is 1.86. The first kappa shape index (κ1) is 20.3. The average Bonchev–Trinajstić information content (AvgIpc) is 2.68. The van der Waals surface area contributed by atoms with Gasteiger partial charge in [-0.3, -0.25) is 9.71 Å². The van der Waals surface area contributed by atoms with E-state index in [0.717, 1.165) is 16.6 Å². The number of aliphatic hydroxyl groups is 2. The van der Waals surface area contributed by atoms with E-state index in [1.165, 1.54) is 0 Å². The van der Waals surface area contributed by atoms with Crippen molar-refractivity contribution in [3.8, 4) is 0 Å². The van der Waals surface area contributed by atoms with Crippen LogP contribution in [0, 0.1) is 6.92 Å². The Morgan fingerprint density at radius 3 is 2.54 bits per heavy atom. The van der Waals surface area contributed by atoms with Crippen molar-refractivity contribution in [2.24, 2.45) is 0 Å². The van der Waals surface area contributed by atoms with Gasteiger partial charge in [-0.05, 0) is 50.5 Å². The lowest BCUT2D eigenvalue weighted by atomic mass is 10.1. The smallest absolute Gasteiger partial charge is 0.261 e. The molecule has 3 rings (SSSR count). The first-order valence-corrected chi connectivity index (χ1v) is 10.6.